The third kappa shape index (κ3) is 23.7. The van der Waals surface area contributed by atoms with E-state index in [9.17, 15) is 32.3 Å². The molecule has 7 rings (SSSR count). The average molecular weight is 1250 g/mol. The Morgan fingerprint density at radius 1 is 0.828 bits per heavy atom. The summed E-state index contributed by atoms with van der Waals surface area (Å²) in [5.74, 6) is 2.01. The highest BCUT2D eigenvalue weighted by atomic mass is 35.5. The van der Waals surface area contributed by atoms with Crippen LogP contribution < -0.4 is 31.3 Å². The normalized spacial score (nSPS) is 14.8. The van der Waals surface area contributed by atoms with Crippen molar-refractivity contribution in [3.8, 4) is 11.5 Å². The number of alkyl halides is 2. The van der Waals surface area contributed by atoms with Crippen molar-refractivity contribution < 1.29 is 56.0 Å². The number of amides is 5. The van der Waals surface area contributed by atoms with E-state index in [1.807, 2.05) is 43.3 Å². The number of hydrazone groups is 1. The molecular formula is C61H78ClF3N12O9S. The molecule has 5 amide bonds. The highest BCUT2D eigenvalue weighted by Gasteiger charge is 2.52. The monoisotopic (exact) mass is 1250 g/mol. The summed E-state index contributed by atoms with van der Waals surface area (Å²) in [6, 6.07) is 19.4. The summed E-state index contributed by atoms with van der Waals surface area (Å²) in [4.78, 5) is 73.1. The molecule has 21 nitrogen and oxygen atoms in total. The molecular weight excluding hydrogens is 1170 g/mol. The predicted molar refractivity (Wildman–Crippen MR) is 329 cm³/mol. The predicted octanol–water partition coefficient (Wildman–Crippen LogP) is 7.90. The van der Waals surface area contributed by atoms with E-state index in [2.05, 4.69) is 45.8 Å². The molecule has 470 valence electrons. The first-order valence-electron chi connectivity index (χ1n) is 29.0. The van der Waals surface area contributed by atoms with Crippen molar-refractivity contribution in [2.24, 2.45) is 15.9 Å². The van der Waals surface area contributed by atoms with Crippen molar-refractivity contribution in [1.29, 1.82) is 0 Å². The Morgan fingerprint density at radius 3 is 2.22 bits per heavy atom. The molecule has 1 unspecified atom stereocenters. The van der Waals surface area contributed by atoms with Crippen LogP contribution in [-0.2, 0) is 48.0 Å². The first-order chi connectivity index (χ1) is 42.1. The molecule has 0 spiro atoms. The van der Waals surface area contributed by atoms with Gasteiger partial charge in [0.2, 0.25) is 17.7 Å². The number of nitrogens with zero attached hydrogens (tertiary/aromatic N) is 8. The van der Waals surface area contributed by atoms with E-state index in [0.29, 0.717) is 118 Å². The average Bonchev–Trinajstić information content (AvgIpc) is 1.70. The number of thiazole rings is 1. The molecule has 3 aromatic carbocycles. The van der Waals surface area contributed by atoms with E-state index < -0.39 is 54.5 Å². The number of ether oxygens (including phenoxy) is 5. The maximum absolute atomic E-state index is 14.5. The molecule has 0 bridgehead atoms. The van der Waals surface area contributed by atoms with Gasteiger partial charge in [-0.25, -0.2) is 22.9 Å². The molecule has 1 aliphatic heterocycles. The Labute approximate surface area is 514 Å². The van der Waals surface area contributed by atoms with Gasteiger partial charge in [0.25, 0.3) is 5.92 Å². The van der Waals surface area contributed by atoms with Crippen molar-refractivity contribution in [3.05, 3.63) is 130 Å². The first-order valence-corrected chi connectivity index (χ1v) is 30.3. The molecule has 1 saturated carbocycles. The number of hydrogen-bond donors (Lipinski definition) is 4. The van der Waals surface area contributed by atoms with Crippen molar-refractivity contribution in [2.75, 3.05) is 123 Å². The van der Waals surface area contributed by atoms with Crippen LogP contribution in [0.2, 0.25) is 5.02 Å². The van der Waals surface area contributed by atoms with Crippen molar-refractivity contribution in [2.45, 2.75) is 75.9 Å². The summed E-state index contributed by atoms with van der Waals surface area (Å²) in [6.45, 7) is 8.62. The Balaban J connectivity index is 0.673. The number of unbranched alkanes of at least 4 members (excludes halogenated alkanes) is 1. The lowest BCUT2D eigenvalue weighted by molar-refractivity contribution is -0.164. The number of nitrogens with one attached hydrogen (secondary N) is 3. The fourth-order valence-electron chi connectivity index (χ4n) is 9.36. The number of aliphatic imine (C=N–C) groups is 1. The minimum absolute atomic E-state index is 0.0348. The van der Waals surface area contributed by atoms with E-state index >= 15 is 0 Å². The molecule has 2 aliphatic rings. The third-order valence-corrected chi connectivity index (χ3v) is 15.3. The fraction of sp³-hybridized carbons (Fsp3) is 0.475. The minimum Gasteiger partial charge on any atom is -0.494 e. The van der Waals surface area contributed by atoms with Gasteiger partial charge < -0.3 is 59.8 Å². The highest BCUT2D eigenvalue weighted by molar-refractivity contribution is 7.14. The summed E-state index contributed by atoms with van der Waals surface area (Å²) >= 11 is 7.28. The number of pyridine rings is 1. The lowest BCUT2D eigenvalue weighted by Crippen LogP contribution is -2.56. The largest absolute Gasteiger partial charge is 0.494 e. The van der Waals surface area contributed by atoms with E-state index in [0.717, 1.165) is 62.4 Å². The Hall–Kier alpha value is -7.26. The summed E-state index contributed by atoms with van der Waals surface area (Å²) in [5.41, 5.74) is 3.42. The molecule has 5 aromatic rings. The van der Waals surface area contributed by atoms with Crippen LogP contribution in [0.1, 0.15) is 67.0 Å². The van der Waals surface area contributed by atoms with E-state index in [1.54, 1.807) is 60.1 Å². The van der Waals surface area contributed by atoms with Gasteiger partial charge in [0, 0.05) is 105 Å². The molecule has 26 heteroatoms. The van der Waals surface area contributed by atoms with Gasteiger partial charge in [-0.3, -0.25) is 29.7 Å². The van der Waals surface area contributed by atoms with Gasteiger partial charge >= 0.3 is 6.03 Å². The fourth-order valence-corrected chi connectivity index (χ4v) is 10.2. The third-order valence-electron chi connectivity index (χ3n) is 14.3. The number of carbonyl (C=O) groups is 4. The summed E-state index contributed by atoms with van der Waals surface area (Å²) in [5, 5.41) is 14.8. The van der Waals surface area contributed by atoms with Gasteiger partial charge in [0.1, 0.15) is 30.0 Å². The summed E-state index contributed by atoms with van der Waals surface area (Å²) in [6.07, 6.45) is 5.26. The number of nitrogens with two attached hydrogens (primary N) is 1. The second kappa shape index (κ2) is 35.5. The van der Waals surface area contributed by atoms with Crippen LogP contribution in [0.15, 0.2) is 107 Å². The van der Waals surface area contributed by atoms with Gasteiger partial charge in [0.05, 0.1) is 76.8 Å². The number of carbonyl (C=O) groups excluding carboxylic acids is 4. The van der Waals surface area contributed by atoms with Crippen LogP contribution in [-0.4, -0.2) is 190 Å². The number of halogens is 4. The molecule has 2 fully saturated rings. The molecule has 2 aromatic heterocycles. The smallest absolute Gasteiger partial charge is 0.325 e. The zero-order chi connectivity index (χ0) is 61.8. The van der Waals surface area contributed by atoms with Crippen LogP contribution in [0.25, 0.3) is 0 Å². The Morgan fingerprint density at radius 2 is 1.51 bits per heavy atom. The lowest BCUT2D eigenvalue weighted by Gasteiger charge is -2.45. The molecule has 1 aliphatic carbocycles. The van der Waals surface area contributed by atoms with Crippen molar-refractivity contribution in [1.82, 2.24) is 34.9 Å². The number of hydrogen-bond acceptors (Lipinski definition) is 17. The second-order valence-electron chi connectivity index (χ2n) is 21.1. The number of piperazine rings is 1. The topological polar surface area (TPSA) is 240 Å². The quantitative estimate of drug-likeness (QED) is 0.0129. The number of rotatable bonds is 36. The van der Waals surface area contributed by atoms with Gasteiger partial charge in [-0.2, -0.15) is 5.10 Å². The molecule has 1 saturated heterocycles. The number of anilines is 2. The van der Waals surface area contributed by atoms with Gasteiger partial charge in [-0.15, -0.1) is 11.3 Å². The standard InChI is InChI=1S/C61H78ClF3N12O9S/c1-74(21-3-4-27-85-53-14-7-44(8-15-53)9-18-55(78)77(52-37-61(64,65)38-52)57(46-35-48(63)41-68-40-46)58(80)69-39-45-5-10-47(62)11-6-45)26-30-84-32-31-82-28-19-50(73-66)42-67-20-29-83-33-34-86-54-16-12-49(13-17-54)70-59(81)72-60-71-51(43-87-60)36-56(79)76-24-22-75(2)23-25-76/h5-8,10-17,35,40-43,52,57H,3-4,9,18-34,36-39,66H2,1-2H3,(H,69,80)(H2,70,71,72,81)/b67-42?,73-50-. The van der Waals surface area contributed by atoms with Gasteiger partial charge in [-0.05, 0) is 106 Å². The van der Waals surface area contributed by atoms with Gasteiger partial charge in [0.15, 0.2) is 5.13 Å². The first kappa shape index (κ1) is 67.3. The van der Waals surface area contributed by atoms with Crippen LogP contribution in [0.3, 0.4) is 0 Å². The van der Waals surface area contributed by atoms with E-state index in [1.165, 1.54) is 22.4 Å². The summed E-state index contributed by atoms with van der Waals surface area (Å²) in [7, 11) is 4.08. The van der Waals surface area contributed by atoms with Crippen molar-refractivity contribution in [3.63, 3.8) is 0 Å². The molecule has 5 N–H and O–H groups in total. The van der Waals surface area contributed by atoms with E-state index in [4.69, 9.17) is 41.1 Å². The lowest BCUT2D eigenvalue weighted by atomic mass is 9.84. The van der Waals surface area contributed by atoms with Crippen LogP contribution in [0.4, 0.5) is 28.8 Å². The Bertz CT molecular complexity index is 2990. The minimum atomic E-state index is -2.99. The zero-order valence-electron chi connectivity index (χ0n) is 49.2. The Kier molecular flexibility index (Phi) is 27.5. The number of urea groups is 1. The summed E-state index contributed by atoms with van der Waals surface area (Å²) < 4.78 is 71.9. The SMILES string of the molecule is CN(CCCCOc1ccc(CCC(=O)N(C2CC(F)(F)C2)C(C(=O)NCc2ccc(Cl)cc2)c2cncc(F)c2)cc1)CCOCCOCC/C(C=NCCOCCOc1ccc(NC(=O)Nc2nc(CC(=O)N3CCN(C)CC3)cs2)cc1)=N/N. The number of aromatic nitrogens is 2. The number of likely N-dealkylation sites (N-methyl/N-ethyl adjacent to an activating group) is 2. The molecule has 3 heterocycles. The second-order valence-corrected chi connectivity index (χ2v) is 22.4. The van der Waals surface area contributed by atoms with Crippen molar-refractivity contribution >= 4 is 69.4 Å². The van der Waals surface area contributed by atoms with E-state index in [-0.39, 0.29) is 37.3 Å². The molecule has 0 radical (unpaired) electrons. The van der Waals surface area contributed by atoms with Crippen LogP contribution in [0, 0.1) is 5.82 Å². The highest BCUT2D eigenvalue weighted by Crippen LogP contribution is 2.44. The van der Waals surface area contributed by atoms with Crippen LogP contribution in [0.5, 0.6) is 11.5 Å². The zero-order valence-corrected chi connectivity index (χ0v) is 50.8. The van der Waals surface area contributed by atoms with Crippen LogP contribution >= 0.6 is 22.9 Å². The maximum atomic E-state index is 14.5. The number of aryl methyl sites for hydroxylation is 1. The molecule has 1 atom stereocenters. The molecule has 87 heavy (non-hydrogen) atoms. The number of benzene rings is 3. The van der Waals surface area contributed by atoms with Gasteiger partial charge in [-0.1, -0.05) is 35.9 Å². The maximum Gasteiger partial charge on any atom is 0.325 e.